The number of unbranched alkanes of at least 4 members (excludes halogenated alkanes) is 1. The molecule has 11 atom stereocenters. The second-order valence-electron chi connectivity index (χ2n) is 15.9. The number of nitrogens with two attached hydrogens (primary N) is 1. The molecule has 5 N–H and O–H groups in total. The van der Waals surface area contributed by atoms with Crippen molar-refractivity contribution in [2.45, 2.75) is 135 Å². The Balaban J connectivity index is 0.00000506. The van der Waals surface area contributed by atoms with Crippen molar-refractivity contribution in [3.63, 3.8) is 0 Å². The Morgan fingerprint density at radius 3 is 2.13 bits per heavy atom. The smallest absolute Gasteiger partial charge is 0.748 e. The number of rotatable bonds is 15. The van der Waals surface area contributed by atoms with E-state index in [2.05, 4.69) is 31.4 Å². The second-order valence-corrected chi connectivity index (χ2v) is 17.5. The summed E-state index contributed by atoms with van der Waals surface area (Å²) in [5.41, 5.74) is 6.10. The first-order valence-electron chi connectivity index (χ1n) is 17.6. The van der Waals surface area contributed by atoms with Gasteiger partial charge in [-0.25, -0.2) is 8.42 Å². The van der Waals surface area contributed by atoms with Crippen molar-refractivity contribution in [2.24, 2.45) is 58.0 Å². The Morgan fingerprint density at radius 1 is 0.870 bits per heavy atom. The number of fused-ring (bicyclic) bond motifs is 5. The van der Waals surface area contributed by atoms with Crippen molar-refractivity contribution < 1.29 is 47.6 Å². The van der Waals surface area contributed by atoms with Crippen LogP contribution in [0.15, 0.2) is 0 Å². The molecule has 0 aromatic rings. The van der Waals surface area contributed by atoms with Crippen molar-refractivity contribution >= 4 is 47.3 Å². The first kappa shape index (κ1) is 47.6. The van der Waals surface area contributed by atoms with E-state index in [-0.39, 0.29) is 84.2 Å². The standard InChI is InChI=1S/C34H65N3O4S.3ClH.Na/c1-23(2)31(42(39,40)41)12-9-24(3)27-10-11-28-32-29(14-16-34(27,28)5)33(4)15-13-26(21-25(33)22-30(32)38)37-20-8-19-36-18-7-6-17-35;;;;/h23-32,36-38H,6-22,35H2,1-5H3,(H,39,40,41);3*1H;/q;;;;+1/p-1/t24-,25?,26+,27-,28+,29+,30-,31-,32+,33+,34-;;;;/m1..../s1. The molecule has 4 saturated carbocycles. The van der Waals surface area contributed by atoms with Gasteiger partial charge in [0.05, 0.1) is 21.5 Å². The first-order valence-corrected chi connectivity index (χ1v) is 19.1. The number of aliphatic hydroxyl groups excluding tert-OH is 1. The van der Waals surface area contributed by atoms with E-state index in [0.29, 0.717) is 53.4 Å². The summed E-state index contributed by atoms with van der Waals surface area (Å²) < 4.78 is 35.6. The van der Waals surface area contributed by atoms with Crippen LogP contribution in [0.1, 0.15) is 118 Å². The van der Waals surface area contributed by atoms with E-state index in [1.54, 1.807) is 0 Å². The minimum atomic E-state index is -4.27. The number of hydrogen-bond acceptors (Lipinski definition) is 7. The summed E-state index contributed by atoms with van der Waals surface area (Å²) in [7, 11) is -4.27. The van der Waals surface area contributed by atoms with Gasteiger partial charge in [-0.05, 0) is 162 Å². The quantitative estimate of drug-likeness (QED) is 0.115. The maximum absolute atomic E-state index is 11.9. The van der Waals surface area contributed by atoms with Gasteiger partial charge in [0.15, 0.2) is 0 Å². The van der Waals surface area contributed by atoms with E-state index < -0.39 is 15.4 Å². The van der Waals surface area contributed by atoms with Crippen LogP contribution < -0.4 is 45.9 Å². The molecule has 46 heavy (non-hydrogen) atoms. The maximum Gasteiger partial charge on any atom is 1.00 e. The predicted octanol–water partition coefficient (Wildman–Crippen LogP) is 3.55. The molecule has 4 aliphatic rings. The molecule has 12 heteroatoms. The predicted molar refractivity (Wildman–Crippen MR) is 193 cm³/mol. The van der Waals surface area contributed by atoms with E-state index >= 15 is 0 Å². The van der Waals surface area contributed by atoms with Crippen molar-refractivity contribution in [3.8, 4) is 0 Å². The van der Waals surface area contributed by atoms with Gasteiger partial charge in [-0.1, -0.05) is 34.6 Å². The van der Waals surface area contributed by atoms with E-state index in [1.807, 2.05) is 13.8 Å². The largest absolute Gasteiger partial charge is 1.00 e. The van der Waals surface area contributed by atoms with Crippen LogP contribution in [-0.4, -0.2) is 61.7 Å². The molecule has 1 unspecified atom stereocenters. The maximum atomic E-state index is 11.9. The first-order chi connectivity index (χ1) is 19.8. The average Bonchev–Trinajstić information content (AvgIpc) is 3.27. The van der Waals surface area contributed by atoms with E-state index in [9.17, 15) is 18.1 Å². The molecule has 0 aromatic heterocycles. The van der Waals surface area contributed by atoms with Gasteiger partial charge in [0.2, 0.25) is 0 Å². The summed E-state index contributed by atoms with van der Waals surface area (Å²) in [6, 6.07) is 0.572. The molecule has 0 heterocycles. The summed E-state index contributed by atoms with van der Waals surface area (Å²) in [4.78, 5) is 0. The van der Waals surface area contributed by atoms with Crippen LogP contribution in [0, 0.1) is 52.3 Å². The molecule has 0 radical (unpaired) electrons. The Hall–Kier alpha value is 1.62. The average molecular weight is 743 g/mol. The molecule has 0 amide bonds. The van der Waals surface area contributed by atoms with Crippen LogP contribution in [-0.2, 0) is 10.1 Å². The summed E-state index contributed by atoms with van der Waals surface area (Å²) in [6.07, 6.45) is 13.9. The van der Waals surface area contributed by atoms with Crippen molar-refractivity contribution in [3.05, 3.63) is 0 Å². The minimum absolute atomic E-state index is 0. The Labute approximate surface area is 322 Å². The van der Waals surface area contributed by atoms with Gasteiger partial charge < -0.3 is 26.0 Å². The molecular formula is C34H67Cl3N3NaO4S. The SMILES string of the molecule is CC(C)[C@@H](CC[C@@H](C)[C@H]1CC[C@H]2[C@@H]3[C@H](O)CC4C[C@@H](NCCCNCCCCN)CC[C@]4(C)[C@H]3CC[C@]12C)S(=O)(=O)[O-].Cl.Cl.Cl.[Na+]. The van der Waals surface area contributed by atoms with Crippen LogP contribution in [0.4, 0.5) is 0 Å². The monoisotopic (exact) mass is 741 g/mol. The van der Waals surface area contributed by atoms with E-state index in [0.717, 1.165) is 58.3 Å². The van der Waals surface area contributed by atoms with Crippen LogP contribution >= 0.6 is 37.2 Å². The fourth-order valence-electron chi connectivity index (χ4n) is 10.9. The number of halogens is 3. The molecule has 4 rings (SSSR count). The second kappa shape index (κ2) is 20.6. The zero-order valence-electron chi connectivity index (χ0n) is 29.7. The van der Waals surface area contributed by atoms with Crippen molar-refractivity contribution in [1.29, 1.82) is 0 Å². The topological polar surface area (TPSA) is 128 Å². The van der Waals surface area contributed by atoms with Crippen molar-refractivity contribution in [2.75, 3.05) is 26.2 Å². The summed E-state index contributed by atoms with van der Waals surface area (Å²) in [5, 5.41) is 18.4. The molecule has 0 saturated heterocycles. The van der Waals surface area contributed by atoms with Crippen LogP contribution in [0.5, 0.6) is 0 Å². The molecule has 0 spiro atoms. The van der Waals surface area contributed by atoms with Gasteiger partial charge >= 0.3 is 29.6 Å². The summed E-state index contributed by atoms with van der Waals surface area (Å²) >= 11 is 0. The third-order valence-electron chi connectivity index (χ3n) is 13.2. The Morgan fingerprint density at radius 2 is 1.50 bits per heavy atom. The number of hydrogen-bond donors (Lipinski definition) is 4. The van der Waals surface area contributed by atoms with Gasteiger partial charge in [0.1, 0.15) is 0 Å². The van der Waals surface area contributed by atoms with E-state index in [4.69, 9.17) is 5.73 Å². The van der Waals surface area contributed by atoms with E-state index in [1.165, 1.54) is 44.9 Å². The minimum Gasteiger partial charge on any atom is -0.748 e. The van der Waals surface area contributed by atoms with Crippen LogP contribution in [0.2, 0.25) is 0 Å². The van der Waals surface area contributed by atoms with Gasteiger partial charge in [-0.2, -0.15) is 0 Å². The summed E-state index contributed by atoms with van der Waals surface area (Å²) in [6.45, 7) is 15.0. The fraction of sp³-hybridized carbons (Fsp3) is 1.00. The van der Waals surface area contributed by atoms with Gasteiger partial charge in [0, 0.05) is 6.04 Å². The number of nitrogens with one attached hydrogen (secondary N) is 2. The molecule has 4 fully saturated rings. The normalized spacial score (nSPS) is 36.4. The van der Waals surface area contributed by atoms with Gasteiger partial charge in [-0.15, -0.1) is 37.2 Å². The molecule has 0 aliphatic heterocycles. The third-order valence-corrected chi connectivity index (χ3v) is 14.8. The summed E-state index contributed by atoms with van der Waals surface area (Å²) in [5.74, 6) is 2.93. The Kier molecular flexibility index (Phi) is 21.3. The molecule has 7 nitrogen and oxygen atoms in total. The van der Waals surface area contributed by atoms with Gasteiger partial charge in [-0.3, -0.25) is 0 Å². The third kappa shape index (κ3) is 10.8. The zero-order valence-corrected chi connectivity index (χ0v) is 34.9. The molecule has 4 aliphatic carbocycles. The zero-order chi connectivity index (χ0) is 30.7. The van der Waals surface area contributed by atoms with Crippen LogP contribution in [0.3, 0.4) is 0 Å². The van der Waals surface area contributed by atoms with Crippen LogP contribution in [0.25, 0.3) is 0 Å². The molecule has 270 valence electrons. The van der Waals surface area contributed by atoms with Crippen molar-refractivity contribution in [1.82, 2.24) is 10.6 Å². The number of aliphatic hydroxyl groups is 1. The molecule has 0 aromatic carbocycles. The molecule has 0 bridgehead atoms. The fourth-order valence-corrected chi connectivity index (χ4v) is 12.0. The Bertz CT molecular complexity index is 985. The van der Waals surface area contributed by atoms with Gasteiger partial charge in [0.25, 0.3) is 0 Å². The molecular weight excluding hydrogens is 676 g/mol.